The summed E-state index contributed by atoms with van der Waals surface area (Å²) in [6.45, 7) is 0.531. The van der Waals surface area contributed by atoms with Gasteiger partial charge in [0.2, 0.25) is 0 Å². The summed E-state index contributed by atoms with van der Waals surface area (Å²) in [4.78, 5) is 1.17. The number of nitrogens with two attached hydrogens (primary N) is 1. The Hall–Kier alpha value is 0.1000. The van der Waals surface area contributed by atoms with Crippen LogP contribution in [0.25, 0.3) is 0 Å². The van der Waals surface area contributed by atoms with Crippen molar-refractivity contribution >= 4 is 27.3 Å². The molecule has 1 aromatic heterocycles. The molecule has 1 unspecified atom stereocenters. The van der Waals surface area contributed by atoms with Gasteiger partial charge in [0.1, 0.15) is 6.10 Å². The van der Waals surface area contributed by atoms with Gasteiger partial charge in [-0.2, -0.15) is 0 Å². The van der Waals surface area contributed by atoms with Gasteiger partial charge < -0.3 is 10.5 Å². The lowest BCUT2D eigenvalue weighted by Gasteiger charge is -2.09. The number of rotatable bonds is 3. The predicted molar refractivity (Wildman–Crippen MR) is 50.8 cm³/mol. The Balaban J connectivity index is 2.73. The molecule has 0 saturated heterocycles. The Kier molecular flexibility index (Phi) is 3.51. The molecule has 0 aromatic carbocycles. The highest BCUT2D eigenvalue weighted by Crippen LogP contribution is 2.28. The summed E-state index contributed by atoms with van der Waals surface area (Å²) in [6.07, 6.45) is 0.0475. The average Bonchev–Trinajstić information content (AvgIpc) is 2.39. The van der Waals surface area contributed by atoms with Gasteiger partial charge in [-0.05, 0) is 28.1 Å². The van der Waals surface area contributed by atoms with E-state index in [0.717, 1.165) is 3.79 Å². The second-order valence-corrected chi connectivity index (χ2v) is 4.60. The van der Waals surface area contributed by atoms with Crippen molar-refractivity contribution in [3.63, 3.8) is 0 Å². The molecule has 0 fully saturated rings. The fraction of sp³-hybridized carbons (Fsp3) is 0.429. The number of ether oxygens (including phenoxy) is 1. The minimum absolute atomic E-state index is 0.0475. The predicted octanol–water partition coefficient (Wildman–Crippen LogP) is 2.16. The number of methoxy groups -OCH3 is 1. The highest BCUT2D eigenvalue weighted by atomic mass is 79.9. The van der Waals surface area contributed by atoms with Crippen LogP contribution in [0.5, 0.6) is 0 Å². The SMILES string of the molecule is COC(CN)c1ccc(Br)s1. The zero-order valence-electron chi connectivity index (χ0n) is 6.21. The molecule has 62 valence electrons. The van der Waals surface area contributed by atoms with Crippen molar-refractivity contribution in [3.8, 4) is 0 Å². The van der Waals surface area contributed by atoms with Crippen molar-refractivity contribution in [1.29, 1.82) is 0 Å². The zero-order valence-corrected chi connectivity index (χ0v) is 8.61. The molecule has 1 aromatic rings. The third kappa shape index (κ3) is 2.27. The fourth-order valence-corrected chi connectivity index (χ4v) is 2.34. The highest BCUT2D eigenvalue weighted by molar-refractivity contribution is 9.11. The normalized spacial score (nSPS) is 13.4. The van der Waals surface area contributed by atoms with Crippen LogP contribution in [-0.2, 0) is 4.74 Å². The second-order valence-electron chi connectivity index (χ2n) is 2.10. The summed E-state index contributed by atoms with van der Waals surface area (Å²) in [5.41, 5.74) is 5.49. The smallest absolute Gasteiger partial charge is 0.103 e. The van der Waals surface area contributed by atoms with E-state index < -0.39 is 0 Å². The van der Waals surface area contributed by atoms with Crippen LogP contribution in [0, 0.1) is 0 Å². The summed E-state index contributed by atoms with van der Waals surface area (Å²) in [6, 6.07) is 4.03. The molecule has 11 heavy (non-hydrogen) atoms. The van der Waals surface area contributed by atoms with Gasteiger partial charge in [0.25, 0.3) is 0 Å². The van der Waals surface area contributed by atoms with Crippen LogP contribution in [-0.4, -0.2) is 13.7 Å². The van der Waals surface area contributed by atoms with E-state index in [0.29, 0.717) is 6.54 Å². The molecule has 1 atom stereocenters. The molecule has 0 bridgehead atoms. The third-order valence-electron chi connectivity index (χ3n) is 1.41. The molecule has 0 aliphatic carbocycles. The van der Waals surface area contributed by atoms with Crippen LogP contribution in [0.3, 0.4) is 0 Å². The summed E-state index contributed by atoms with van der Waals surface area (Å²) in [5.74, 6) is 0. The van der Waals surface area contributed by atoms with Crippen LogP contribution in [0.1, 0.15) is 11.0 Å². The van der Waals surface area contributed by atoms with E-state index in [2.05, 4.69) is 15.9 Å². The Morgan fingerprint density at radius 1 is 1.73 bits per heavy atom. The van der Waals surface area contributed by atoms with Crippen LogP contribution in [0.4, 0.5) is 0 Å². The molecule has 2 N–H and O–H groups in total. The van der Waals surface area contributed by atoms with Crippen LogP contribution in [0.2, 0.25) is 0 Å². The standard InChI is InChI=1S/C7H10BrNOS/c1-10-5(4-9)6-2-3-7(8)11-6/h2-3,5H,4,9H2,1H3. The molecule has 4 heteroatoms. The maximum atomic E-state index is 5.49. The maximum Gasteiger partial charge on any atom is 0.103 e. The molecular formula is C7H10BrNOS. The fourth-order valence-electron chi connectivity index (χ4n) is 0.830. The zero-order chi connectivity index (χ0) is 8.27. The van der Waals surface area contributed by atoms with E-state index in [1.54, 1.807) is 18.4 Å². The molecule has 0 radical (unpaired) electrons. The molecule has 0 spiro atoms. The van der Waals surface area contributed by atoms with Gasteiger partial charge in [0, 0.05) is 18.5 Å². The van der Waals surface area contributed by atoms with Gasteiger partial charge in [-0.3, -0.25) is 0 Å². The van der Waals surface area contributed by atoms with Gasteiger partial charge in [0.05, 0.1) is 3.79 Å². The van der Waals surface area contributed by atoms with E-state index in [1.165, 1.54) is 4.88 Å². The average molecular weight is 236 g/mol. The Morgan fingerprint density at radius 2 is 2.45 bits per heavy atom. The lowest BCUT2D eigenvalue weighted by atomic mass is 10.3. The van der Waals surface area contributed by atoms with Gasteiger partial charge in [-0.25, -0.2) is 0 Å². The monoisotopic (exact) mass is 235 g/mol. The largest absolute Gasteiger partial charge is 0.375 e. The minimum atomic E-state index is 0.0475. The van der Waals surface area contributed by atoms with E-state index in [1.807, 2.05) is 12.1 Å². The summed E-state index contributed by atoms with van der Waals surface area (Å²) < 4.78 is 6.28. The van der Waals surface area contributed by atoms with Gasteiger partial charge in [0.15, 0.2) is 0 Å². The van der Waals surface area contributed by atoms with E-state index >= 15 is 0 Å². The first-order chi connectivity index (χ1) is 5.27. The number of halogens is 1. The second kappa shape index (κ2) is 4.21. The minimum Gasteiger partial charge on any atom is -0.375 e. The van der Waals surface area contributed by atoms with Crippen LogP contribution >= 0.6 is 27.3 Å². The molecule has 0 amide bonds. The van der Waals surface area contributed by atoms with Gasteiger partial charge >= 0.3 is 0 Å². The van der Waals surface area contributed by atoms with E-state index in [9.17, 15) is 0 Å². The first-order valence-electron chi connectivity index (χ1n) is 3.26. The number of thiophene rings is 1. The van der Waals surface area contributed by atoms with Crippen molar-refractivity contribution in [2.45, 2.75) is 6.10 Å². The van der Waals surface area contributed by atoms with Crippen molar-refractivity contribution in [3.05, 3.63) is 20.8 Å². The first-order valence-corrected chi connectivity index (χ1v) is 4.87. The van der Waals surface area contributed by atoms with Gasteiger partial charge in [-0.15, -0.1) is 11.3 Å². The highest BCUT2D eigenvalue weighted by Gasteiger charge is 2.09. The van der Waals surface area contributed by atoms with Crippen molar-refractivity contribution < 1.29 is 4.74 Å². The van der Waals surface area contributed by atoms with Crippen LogP contribution in [0.15, 0.2) is 15.9 Å². The molecule has 0 aliphatic heterocycles. The van der Waals surface area contributed by atoms with E-state index in [-0.39, 0.29) is 6.10 Å². The number of hydrogen-bond donors (Lipinski definition) is 1. The third-order valence-corrected chi connectivity index (χ3v) is 3.13. The summed E-state index contributed by atoms with van der Waals surface area (Å²) in [5, 5.41) is 0. The van der Waals surface area contributed by atoms with Crippen molar-refractivity contribution in [2.75, 3.05) is 13.7 Å². The molecule has 2 nitrogen and oxygen atoms in total. The lowest BCUT2D eigenvalue weighted by molar-refractivity contribution is 0.113. The topological polar surface area (TPSA) is 35.2 Å². The number of hydrogen-bond acceptors (Lipinski definition) is 3. The summed E-state index contributed by atoms with van der Waals surface area (Å²) in [7, 11) is 1.67. The Morgan fingerprint density at radius 3 is 2.82 bits per heavy atom. The molecule has 1 heterocycles. The maximum absolute atomic E-state index is 5.49. The van der Waals surface area contributed by atoms with Gasteiger partial charge in [-0.1, -0.05) is 0 Å². The van der Waals surface area contributed by atoms with Crippen molar-refractivity contribution in [1.82, 2.24) is 0 Å². The molecule has 0 saturated carbocycles. The first kappa shape index (κ1) is 9.19. The molecular weight excluding hydrogens is 226 g/mol. The summed E-state index contributed by atoms with van der Waals surface area (Å²) >= 11 is 5.04. The molecule has 1 rings (SSSR count). The van der Waals surface area contributed by atoms with Crippen molar-refractivity contribution in [2.24, 2.45) is 5.73 Å². The van der Waals surface area contributed by atoms with E-state index in [4.69, 9.17) is 10.5 Å². The van der Waals surface area contributed by atoms with Crippen LogP contribution < -0.4 is 5.73 Å². The lowest BCUT2D eigenvalue weighted by Crippen LogP contribution is -2.12. The molecule has 0 aliphatic rings. The quantitative estimate of drug-likeness (QED) is 0.872. The Bertz CT molecular complexity index is 222. The Labute approximate surface area is 78.5 Å².